The van der Waals surface area contributed by atoms with E-state index >= 15 is 0 Å². The average Bonchev–Trinajstić information content (AvgIpc) is 2.62. The van der Waals surface area contributed by atoms with Crippen LogP contribution in [0.4, 0.5) is 4.79 Å². The first-order valence-electron chi connectivity index (χ1n) is 7.82. The minimum absolute atomic E-state index is 0.202. The number of rotatable bonds is 1. The second kappa shape index (κ2) is 6.64. The summed E-state index contributed by atoms with van der Waals surface area (Å²) in [4.78, 5) is 39.0. The van der Waals surface area contributed by atoms with Gasteiger partial charge in [-0.05, 0) is 33.6 Å². The molecule has 2 aliphatic heterocycles. The summed E-state index contributed by atoms with van der Waals surface area (Å²) < 4.78 is 5.39. The van der Waals surface area contributed by atoms with Crippen molar-refractivity contribution >= 4 is 17.9 Å². The van der Waals surface area contributed by atoms with E-state index in [0.29, 0.717) is 32.5 Å². The van der Waals surface area contributed by atoms with Gasteiger partial charge in [-0.2, -0.15) is 0 Å². The molecule has 2 heterocycles. The van der Waals surface area contributed by atoms with E-state index in [-0.39, 0.29) is 23.9 Å². The predicted molar refractivity (Wildman–Crippen MR) is 80.2 cm³/mol. The predicted octanol–water partition coefficient (Wildman–Crippen LogP) is 0.734. The highest BCUT2D eigenvalue weighted by Crippen LogP contribution is 2.16. The Hall–Kier alpha value is -1.63. The molecule has 0 aromatic rings. The van der Waals surface area contributed by atoms with E-state index in [2.05, 4.69) is 10.2 Å². The SMILES string of the molecule is CC(C)(C)OC(=O)N1CCCN(C2CCC(=O)NC2=O)CC1. The molecule has 0 aromatic heterocycles. The van der Waals surface area contributed by atoms with Crippen LogP contribution in [-0.4, -0.2) is 65.5 Å². The van der Waals surface area contributed by atoms with Crippen LogP contribution in [-0.2, 0) is 14.3 Å². The molecule has 2 rings (SSSR count). The third-order valence-corrected chi connectivity index (χ3v) is 3.83. The summed E-state index contributed by atoms with van der Waals surface area (Å²) in [6.07, 6.45) is 1.41. The zero-order valence-corrected chi connectivity index (χ0v) is 13.6. The summed E-state index contributed by atoms with van der Waals surface area (Å²) >= 11 is 0. The van der Waals surface area contributed by atoms with Gasteiger partial charge >= 0.3 is 6.09 Å². The van der Waals surface area contributed by atoms with Crippen LogP contribution in [0, 0.1) is 0 Å². The lowest BCUT2D eigenvalue weighted by atomic mass is 10.0. The second-order valence-electron chi connectivity index (χ2n) is 6.82. The van der Waals surface area contributed by atoms with Crippen LogP contribution in [0.2, 0.25) is 0 Å². The molecule has 0 aliphatic carbocycles. The normalized spacial score (nSPS) is 24.7. The molecule has 124 valence electrons. The van der Waals surface area contributed by atoms with Crippen molar-refractivity contribution in [3.05, 3.63) is 0 Å². The summed E-state index contributed by atoms with van der Waals surface area (Å²) in [5.74, 6) is -0.423. The summed E-state index contributed by atoms with van der Waals surface area (Å²) in [5, 5.41) is 2.39. The summed E-state index contributed by atoms with van der Waals surface area (Å²) in [6.45, 7) is 8.05. The molecular formula is C15H25N3O4. The van der Waals surface area contributed by atoms with Crippen LogP contribution in [0.25, 0.3) is 0 Å². The van der Waals surface area contributed by atoms with E-state index in [9.17, 15) is 14.4 Å². The number of nitrogens with one attached hydrogen (secondary N) is 1. The van der Waals surface area contributed by atoms with Crippen LogP contribution in [0.3, 0.4) is 0 Å². The number of hydrogen-bond acceptors (Lipinski definition) is 5. The number of carbonyl (C=O) groups excluding carboxylic acids is 3. The summed E-state index contributed by atoms with van der Waals surface area (Å²) in [7, 11) is 0. The third-order valence-electron chi connectivity index (χ3n) is 3.83. The van der Waals surface area contributed by atoms with Gasteiger partial charge in [-0.15, -0.1) is 0 Å². The molecule has 2 saturated heterocycles. The Labute approximate surface area is 131 Å². The van der Waals surface area contributed by atoms with Crippen LogP contribution < -0.4 is 5.32 Å². The van der Waals surface area contributed by atoms with Crippen molar-refractivity contribution < 1.29 is 19.1 Å². The lowest BCUT2D eigenvalue weighted by Gasteiger charge is -2.32. The first-order chi connectivity index (χ1) is 10.3. The molecule has 2 aliphatic rings. The number of ether oxygens (including phenoxy) is 1. The second-order valence-corrected chi connectivity index (χ2v) is 6.82. The Balaban J connectivity index is 1.91. The lowest BCUT2D eigenvalue weighted by Crippen LogP contribution is -2.53. The number of nitrogens with zero attached hydrogens (tertiary/aromatic N) is 2. The zero-order valence-electron chi connectivity index (χ0n) is 13.6. The maximum Gasteiger partial charge on any atom is 0.410 e. The van der Waals surface area contributed by atoms with E-state index in [1.165, 1.54) is 0 Å². The minimum atomic E-state index is -0.507. The smallest absolute Gasteiger partial charge is 0.410 e. The van der Waals surface area contributed by atoms with E-state index in [1.54, 1.807) is 4.90 Å². The summed E-state index contributed by atoms with van der Waals surface area (Å²) in [6, 6.07) is -0.267. The first-order valence-corrected chi connectivity index (χ1v) is 7.82. The number of amides is 3. The fraction of sp³-hybridized carbons (Fsp3) is 0.800. The Morgan fingerprint density at radius 3 is 2.55 bits per heavy atom. The monoisotopic (exact) mass is 311 g/mol. The molecular weight excluding hydrogens is 286 g/mol. The molecule has 7 heteroatoms. The van der Waals surface area contributed by atoms with Crippen LogP contribution >= 0.6 is 0 Å². The van der Waals surface area contributed by atoms with Gasteiger partial charge in [-0.3, -0.25) is 19.8 Å². The topological polar surface area (TPSA) is 79.0 Å². The fourth-order valence-corrected chi connectivity index (χ4v) is 2.79. The van der Waals surface area contributed by atoms with Crippen molar-refractivity contribution in [2.45, 2.75) is 51.7 Å². The van der Waals surface area contributed by atoms with Crippen molar-refractivity contribution in [3.8, 4) is 0 Å². The largest absolute Gasteiger partial charge is 0.444 e. The Morgan fingerprint density at radius 1 is 1.18 bits per heavy atom. The highest BCUT2D eigenvalue weighted by atomic mass is 16.6. The number of piperidine rings is 1. The molecule has 0 radical (unpaired) electrons. The van der Waals surface area contributed by atoms with Gasteiger partial charge in [0.1, 0.15) is 5.60 Å². The molecule has 2 fully saturated rings. The Kier molecular flexibility index (Phi) is 5.05. The van der Waals surface area contributed by atoms with Crippen molar-refractivity contribution in [1.82, 2.24) is 15.1 Å². The highest BCUT2D eigenvalue weighted by molar-refractivity contribution is 6.00. The molecule has 1 atom stereocenters. The number of imide groups is 1. The van der Waals surface area contributed by atoms with Gasteiger partial charge in [0.15, 0.2) is 0 Å². The van der Waals surface area contributed by atoms with E-state index < -0.39 is 5.60 Å². The van der Waals surface area contributed by atoms with Crippen molar-refractivity contribution in [1.29, 1.82) is 0 Å². The molecule has 0 aromatic carbocycles. The van der Waals surface area contributed by atoms with Crippen LogP contribution in [0.1, 0.15) is 40.0 Å². The van der Waals surface area contributed by atoms with Gasteiger partial charge in [-0.25, -0.2) is 4.79 Å². The van der Waals surface area contributed by atoms with E-state index in [1.807, 2.05) is 20.8 Å². The third kappa shape index (κ3) is 4.43. The Morgan fingerprint density at radius 2 is 1.91 bits per heavy atom. The zero-order chi connectivity index (χ0) is 16.3. The van der Waals surface area contributed by atoms with Crippen molar-refractivity contribution in [2.75, 3.05) is 26.2 Å². The Bertz CT molecular complexity index is 458. The van der Waals surface area contributed by atoms with Crippen molar-refractivity contribution in [3.63, 3.8) is 0 Å². The van der Waals surface area contributed by atoms with Crippen LogP contribution in [0.15, 0.2) is 0 Å². The molecule has 3 amide bonds. The number of carbonyl (C=O) groups is 3. The maximum atomic E-state index is 12.1. The van der Waals surface area contributed by atoms with Gasteiger partial charge in [-0.1, -0.05) is 0 Å². The molecule has 0 bridgehead atoms. The van der Waals surface area contributed by atoms with Crippen molar-refractivity contribution in [2.24, 2.45) is 0 Å². The van der Waals surface area contributed by atoms with Crippen LogP contribution in [0.5, 0.6) is 0 Å². The molecule has 1 unspecified atom stereocenters. The molecule has 22 heavy (non-hydrogen) atoms. The average molecular weight is 311 g/mol. The lowest BCUT2D eigenvalue weighted by molar-refractivity contribution is -0.137. The minimum Gasteiger partial charge on any atom is -0.444 e. The van der Waals surface area contributed by atoms with Gasteiger partial charge in [0.25, 0.3) is 0 Å². The fourth-order valence-electron chi connectivity index (χ4n) is 2.79. The number of hydrogen-bond donors (Lipinski definition) is 1. The summed E-state index contributed by atoms with van der Waals surface area (Å²) in [5.41, 5.74) is -0.507. The molecule has 0 spiro atoms. The molecule has 1 N–H and O–H groups in total. The molecule has 7 nitrogen and oxygen atoms in total. The van der Waals surface area contributed by atoms with E-state index in [0.717, 1.165) is 13.0 Å². The quantitative estimate of drug-likeness (QED) is 0.722. The maximum absolute atomic E-state index is 12.1. The van der Waals surface area contributed by atoms with Gasteiger partial charge in [0.2, 0.25) is 11.8 Å². The van der Waals surface area contributed by atoms with E-state index in [4.69, 9.17) is 4.74 Å². The van der Waals surface area contributed by atoms with Gasteiger partial charge in [0, 0.05) is 32.6 Å². The first kappa shape index (κ1) is 16.7. The van der Waals surface area contributed by atoms with Gasteiger partial charge < -0.3 is 9.64 Å². The van der Waals surface area contributed by atoms with Gasteiger partial charge in [0.05, 0.1) is 6.04 Å². The highest BCUT2D eigenvalue weighted by Gasteiger charge is 2.33. The molecule has 0 saturated carbocycles. The standard InChI is InChI=1S/C15H25N3O4/c1-15(2,3)22-14(21)18-8-4-7-17(9-10-18)11-5-6-12(19)16-13(11)20/h11H,4-10H2,1-3H3,(H,16,19,20).